The summed E-state index contributed by atoms with van der Waals surface area (Å²) in [6, 6.07) is 0. The van der Waals surface area contributed by atoms with Crippen LogP contribution in [0.1, 0.15) is 46.0 Å². The molecule has 2 N–H and O–H groups in total. The Labute approximate surface area is 171 Å². The van der Waals surface area contributed by atoms with Gasteiger partial charge in [0.05, 0.1) is 13.2 Å². The van der Waals surface area contributed by atoms with Gasteiger partial charge in [-0.1, -0.05) is 13.8 Å². The number of carbonyl (C=O) groups excluding carboxylic acids is 1. The number of hydrogen-bond acceptors (Lipinski definition) is 4. The number of likely N-dealkylation sites (N-methyl/N-ethyl adjacent to an activating group) is 1. The van der Waals surface area contributed by atoms with Crippen LogP contribution in [0.25, 0.3) is 0 Å². The number of guanidine groups is 1. The van der Waals surface area contributed by atoms with Crippen LogP contribution in [-0.2, 0) is 9.53 Å². The Morgan fingerprint density at radius 1 is 1.18 bits per heavy atom. The second-order valence-electron chi connectivity index (χ2n) is 9.18. The summed E-state index contributed by atoms with van der Waals surface area (Å²) in [4.78, 5) is 20.4. The summed E-state index contributed by atoms with van der Waals surface area (Å²) in [6.45, 7) is 11.5. The number of nitrogens with zero attached hydrogens (tertiary/aromatic N) is 3. The van der Waals surface area contributed by atoms with E-state index in [1.54, 1.807) is 19.0 Å². The lowest BCUT2D eigenvalue weighted by molar-refractivity contribution is -0.127. The summed E-state index contributed by atoms with van der Waals surface area (Å²) in [5.74, 6) is 1.48. The molecule has 0 aromatic rings. The van der Waals surface area contributed by atoms with Gasteiger partial charge in [0.2, 0.25) is 5.91 Å². The molecule has 2 fully saturated rings. The lowest BCUT2D eigenvalue weighted by Crippen LogP contribution is -2.43. The highest BCUT2D eigenvalue weighted by molar-refractivity contribution is 5.84. The molecule has 1 saturated carbocycles. The molecule has 2 aliphatic rings. The number of morpholine rings is 1. The molecule has 1 aliphatic heterocycles. The maximum Gasteiger partial charge on any atom is 0.243 e. The standard InChI is InChI=1S/C21H41N5O2/c1-21(2)8-6-18(7-9-21)16-23-20(24-17-19(27)25(3)4)22-10-5-11-26-12-14-28-15-13-26/h18H,5-17H2,1-4H3,(H2,22,23,24). The van der Waals surface area contributed by atoms with Crippen LogP contribution in [0.5, 0.6) is 0 Å². The van der Waals surface area contributed by atoms with Crippen molar-refractivity contribution in [1.82, 2.24) is 20.4 Å². The van der Waals surface area contributed by atoms with Crippen molar-refractivity contribution < 1.29 is 9.53 Å². The summed E-state index contributed by atoms with van der Waals surface area (Å²) < 4.78 is 5.40. The molecule has 1 heterocycles. The number of nitrogens with one attached hydrogen (secondary N) is 2. The number of ether oxygens (including phenoxy) is 1. The van der Waals surface area contributed by atoms with E-state index in [4.69, 9.17) is 4.74 Å². The number of hydrogen-bond donors (Lipinski definition) is 2. The lowest BCUT2D eigenvalue weighted by Gasteiger charge is -2.34. The predicted molar refractivity (Wildman–Crippen MR) is 115 cm³/mol. The molecule has 0 bridgehead atoms. The number of rotatable bonds is 8. The van der Waals surface area contributed by atoms with Gasteiger partial charge in [0.15, 0.2) is 5.96 Å². The third-order valence-corrected chi connectivity index (χ3v) is 5.94. The van der Waals surface area contributed by atoms with Crippen LogP contribution in [0.2, 0.25) is 0 Å². The molecule has 0 spiro atoms. The lowest BCUT2D eigenvalue weighted by atomic mass is 9.73. The summed E-state index contributed by atoms with van der Waals surface area (Å²) >= 11 is 0. The van der Waals surface area contributed by atoms with Crippen molar-refractivity contribution in [1.29, 1.82) is 0 Å². The van der Waals surface area contributed by atoms with E-state index in [2.05, 4.69) is 34.4 Å². The van der Waals surface area contributed by atoms with Crippen LogP contribution in [0.4, 0.5) is 0 Å². The monoisotopic (exact) mass is 395 g/mol. The second-order valence-corrected chi connectivity index (χ2v) is 9.18. The molecular weight excluding hydrogens is 354 g/mol. The van der Waals surface area contributed by atoms with Crippen LogP contribution in [0, 0.1) is 11.3 Å². The average Bonchev–Trinajstić information content (AvgIpc) is 2.68. The third-order valence-electron chi connectivity index (χ3n) is 5.94. The normalized spacial score (nSPS) is 21.4. The van der Waals surface area contributed by atoms with E-state index in [1.807, 2.05) is 0 Å². The molecule has 1 aliphatic carbocycles. The van der Waals surface area contributed by atoms with E-state index >= 15 is 0 Å². The van der Waals surface area contributed by atoms with Gasteiger partial charge in [-0.15, -0.1) is 0 Å². The number of aliphatic imine (C=N–C) groups is 1. The van der Waals surface area contributed by atoms with Gasteiger partial charge >= 0.3 is 0 Å². The Kier molecular flexibility index (Phi) is 9.51. The van der Waals surface area contributed by atoms with E-state index in [9.17, 15) is 4.79 Å². The van der Waals surface area contributed by atoms with Crippen molar-refractivity contribution in [3.63, 3.8) is 0 Å². The molecule has 0 aromatic heterocycles. The summed E-state index contributed by atoms with van der Waals surface area (Å²) in [6.07, 6.45) is 6.16. The molecule has 162 valence electrons. The molecule has 7 heteroatoms. The minimum atomic E-state index is 0.0221. The molecule has 0 radical (unpaired) electrons. The molecule has 7 nitrogen and oxygen atoms in total. The van der Waals surface area contributed by atoms with Crippen molar-refractivity contribution in [2.24, 2.45) is 16.3 Å². The fourth-order valence-electron chi connectivity index (χ4n) is 3.70. The summed E-state index contributed by atoms with van der Waals surface area (Å²) in [5.41, 5.74) is 0.489. The highest BCUT2D eigenvalue weighted by atomic mass is 16.5. The first-order valence-electron chi connectivity index (χ1n) is 10.9. The van der Waals surface area contributed by atoms with Gasteiger partial charge in [0, 0.05) is 40.3 Å². The highest BCUT2D eigenvalue weighted by Gasteiger charge is 2.26. The first-order valence-corrected chi connectivity index (χ1v) is 10.9. The first-order chi connectivity index (χ1) is 13.4. The molecule has 28 heavy (non-hydrogen) atoms. The van der Waals surface area contributed by atoms with Gasteiger partial charge in [-0.2, -0.15) is 0 Å². The minimum Gasteiger partial charge on any atom is -0.379 e. The van der Waals surface area contributed by atoms with Gasteiger partial charge < -0.3 is 20.3 Å². The van der Waals surface area contributed by atoms with E-state index in [1.165, 1.54) is 25.7 Å². The molecular formula is C21H41N5O2. The second kappa shape index (κ2) is 11.6. The fourth-order valence-corrected chi connectivity index (χ4v) is 3.70. The van der Waals surface area contributed by atoms with Crippen LogP contribution in [0.3, 0.4) is 0 Å². The Hall–Kier alpha value is -1.34. The van der Waals surface area contributed by atoms with Crippen molar-refractivity contribution in [3.05, 3.63) is 0 Å². The minimum absolute atomic E-state index is 0.0221. The maximum absolute atomic E-state index is 11.9. The zero-order chi connectivity index (χ0) is 20.4. The summed E-state index contributed by atoms with van der Waals surface area (Å²) in [5, 5.41) is 6.90. The molecule has 1 amide bonds. The van der Waals surface area contributed by atoms with Crippen LogP contribution >= 0.6 is 0 Å². The third kappa shape index (κ3) is 8.78. The number of carbonyl (C=O) groups is 1. The Bertz CT molecular complexity index is 491. The molecule has 0 aromatic carbocycles. The number of amides is 1. The largest absolute Gasteiger partial charge is 0.379 e. The van der Waals surface area contributed by atoms with Gasteiger partial charge in [-0.05, 0) is 50.0 Å². The SMILES string of the molecule is CN(C)C(=O)CN=C(NCCCN1CCOCC1)NCC1CCC(C)(C)CC1. The van der Waals surface area contributed by atoms with Gasteiger partial charge in [0.25, 0.3) is 0 Å². The Balaban J connectivity index is 1.75. The topological polar surface area (TPSA) is 69.2 Å². The van der Waals surface area contributed by atoms with Crippen LogP contribution in [0.15, 0.2) is 4.99 Å². The Morgan fingerprint density at radius 3 is 2.50 bits per heavy atom. The molecule has 1 saturated heterocycles. The Morgan fingerprint density at radius 2 is 1.86 bits per heavy atom. The zero-order valence-corrected chi connectivity index (χ0v) is 18.4. The van der Waals surface area contributed by atoms with Crippen molar-refractivity contribution in [3.8, 4) is 0 Å². The first kappa shape index (κ1) is 22.9. The van der Waals surface area contributed by atoms with Crippen LogP contribution in [-0.4, -0.2) is 88.2 Å². The van der Waals surface area contributed by atoms with Gasteiger partial charge in [0.1, 0.15) is 6.54 Å². The smallest absolute Gasteiger partial charge is 0.243 e. The quantitative estimate of drug-likeness (QED) is 0.371. The van der Waals surface area contributed by atoms with Gasteiger partial charge in [-0.25, -0.2) is 4.99 Å². The maximum atomic E-state index is 11.9. The van der Waals surface area contributed by atoms with Crippen molar-refractivity contribution in [2.75, 3.05) is 66.6 Å². The highest BCUT2D eigenvalue weighted by Crippen LogP contribution is 2.37. The van der Waals surface area contributed by atoms with E-state index in [0.29, 0.717) is 11.3 Å². The van der Waals surface area contributed by atoms with Crippen molar-refractivity contribution >= 4 is 11.9 Å². The van der Waals surface area contributed by atoms with E-state index in [0.717, 1.165) is 58.3 Å². The average molecular weight is 396 g/mol. The summed E-state index contributed by atoms with van der Waals surface area (Å²) in [7, 11) is 3.54. The molecule has 2 rings (SSSR count). The molecule has 0 atom stereocenters. The van der Waals surface area contributed by atoms with Crippen LogP contribution < -0.4 is 10.6 Å². The van der Waals surface area contributed by atoms with Crippen molar-refractivity contribution in [2.45, 2.75) is 46.0 Å². The zero-order valence-electron chi connectivity index (χ0n) is 18.4. The molecule has 0 unspecified atom stereocenters. The van der Waals surface area contributed by atoms with E-state index in [-0.39, 0.29) is 12.5 Å². The predicted octanol–water partition coefficient (Wildman–Crippen LogP) is 1.55. The van der Waals surface area contributed by atoms with E-state index < -0.39 is 0 Å². The van der Waals surface area contributed by atoms with Gasteiger partial charge in [-0.3, -0.25) is 9.69 Å². The fraction of sp³-hybridized carbons (Fsp3) is 0.905.